The quantitative estimate of drug-likeness (QED) is 0.943. The van der Waals surface area contributed by atoms with Crippen LogP contribution < -0.4 is 0 Å². The van der Waals surface area contributed by atoms with Crippen molar-refractivity contribution in [2.75, 3.05) is 13.2 Å². The second kappa shape index (κ2) is 6.17. The zero-order chi connectivity index (χ0) is 16.4. The minimum absolute atomic E-state index is 0.0151. The number of benzene rings is 2. The fraction of sp³-hybridized carbons (Fsp3) is 0.350. The molecular formula is C20H23NO2. The van der Waals surface area contributed by atoms with E-state index in [9.17, 15) is 9.90 Å². The van der Waals surface area contributed by atoms with Crippen LogP contribution in [-0.4, -0.2) is 35.1 Å². The largest absolute Gasteiger partial charge is 0.396 e. The summed E-state index contributed by atoms with van der Waals surface area (Å²) in [5.41, 5.74) is 1.11. The zero-order valence-corrected chi connectivity index (χ0v) is 13.6. The fourth-order valence-electron chi connectivity index (χ4n) is 3.79. The monoisotopic (exact) mass is 309 g/mol. The zero-order valence-electron chi connectivity index (χ0n) is 13.6. The fourth-order valence-corrected chi connectivity index (χ4v) is 3.79. The molecule has 23 heavy (non-hydrogen) atoms. The van der Waals surface area contributed by atoms with E-state index >= 15 is 0 Å². The third-order valence-electron chi connectivity index (χ3n) is 4.93. The molecule has 1 heterocycles. The number of aliphatic hydroxyl groups is 1. The average Bonchev–Trinajstić information content (AvgIpc) is 2.90. The van der Waals surface area contributed by atoms with E-state index < -0.39 is 5.41 Å². The van der Waals surface area contributed by atoms with Crippen LogP contribution in [-0.2, 0) is 10.2 Å². The van der Waals surface area contributed by atoms with Crippen LogP contribution in [0, 0.1) is 5.92 Å². The van der Waals surface area contributed by atoms with Gasteiger partial charge in [0.15, 0.2) is 0 Å². The standard InChI is InChI=1S/C20H23NO2/c1-15(2)21-13-18(14-22)20(19(21)23,16-9-5-3-6-10-16)17-11-7-4-8-12-17/h3-12,15,18,22H,13-14H2,1-2H3/t18-/m1/s1. The highest BCUT2D eigenvalue weighted by molar-refractivity contribution is 5.95. The minimum atomic E-state index is -0.804. The third-order valence-corrected chi connectivity index (χ3v) is 4.93. The first-order valence-electron chi connectivity index (χ1n) is 8.15. The second-order valence-electron chi connectivity index (χ2n) is 6.47. The van der Waals surface area contributed by atoms with Crippen molar-refractivity contribution in [3.63, 3.8) is 0 Å². The van der Waals surface area contributed by atoms with Gasteiger partial charge in [-0.2, -0.15) is 0 Å². The SMILES string of the molecule is CC(C)N1C[C@H](CO)C(c2ccccc2)(c2ccccc2)C1=O. The Morgan fingerprint density at radius 1 is 1.04 bits per heavy atom. The lowest BCUT2D eigenvalue weighted by atomic mass is 9.67. The number of amides is 1. The molecule has 0 saturated carbocycles. The van der Waals surface area contributed by atoms with Crippen molar-refractivity contribution in [1.82, 2.24) is 4.90 Å². The smallest absolute Gasteiger partial charge is 0.238 e. The predicted octanol–water partition coefficient (Wildman–Crippen LogP) is 2.83. The number of nitrogens with zero attached hydrogens (tertiary/aromatic N) is 1. The number of hydrogen-bond donors (Lipinski definition) is 1. The van der Waals surface area contributed by atoms with Gasteiger partial charge in [-0.3, -0.25) is 4.79 Å². The van der Waals surface area contributed by atoms with Crippen molar-refractivity contribution >= 4 is 5.91 Å². The van der Waals surface area contributed by atoms with Crippen molar-refractivity contribution in [2.24, 2.45) is 5.92 Å². The van der Waals surface area contributed by atoms with Gasteiger partial charge in [0.1, 0.15) is 5.41 Å². The van der Waals surface area contributed by atoms with Crippen molar-refractivity contribution in [3.8, 4) is 0 Å². The van der Waals surface area contributed by atoms with Crippen molar-refractivity contribution in [3.05, 3.63) is 71.8 Å². The Kier molecular flexibility index (Phi) is 4.22. The summed E-state index contributed by atoms with van der Waals surface area (Å²) < 4.78 is 0. The van der Waals surface area contributed by atoms with Gasteiger partial charge in [-0.25, -0.2) is 0 Å². The third kappa shape index (κ3) is 2.36. The molecular weight excluding hydrogens is 286 g/mol. The number of rotatable bonds is 4. The maximum atomic E-state index is 13.5. The first kappa shape index (κ1) is 15.8. The Balaban J connectivity index is 2.26. The van der Waals surface area contributed by atoms with E-state index in [1.165, 1.54) is 0 Å². The Morgan fingerprint density at radius 3 is 1.91 bits per heavy atom. The number of carbonyl (C=O) groups excluding carboxylic acids is 1. The summed E-state index contributed by atoms with van der Waals surface area (Å²) in [6, 6.07) is 19.8. The summed E-state index contributed by atoms with van der Waals surface area (Å²) in [7, 11) is 0. The van der Waals surface area contributed by atoms with E-state index in [-0.39, 0.29) is 24.5 Å². The highest BCUT2D eigenvalue weighted by Crippen LogP contribution is 2.46. The van der Waals surface area contributed by atoms with E-state index in [4.69, 9.17) is 0 Å². The van der Waals surface area contributed by atoms with Crippen molar-refractivity contribution in [1.29, 1.82) is 0 Å². The molecule has 1 atom stereocenters. The lowest BCUT2D eigenvalue weighted by Crippen LogP contribution is -2.44. The number of aliphatic hydroxyl groups excluding tert-OH is 1. The molecule has 1 fully saturated rings. The summed E-state index contributed by atoms with van der Waals surface area (Å²) in [6.07, 6.45) is 0. The summed E-state index contributed by atoms with van der Waals surface area (Å²) in [5.74, 6) is -0.0637. The molecule has 1 aliphatic heterocycles. The van der Waals surface area contributed by atoms with Crippen LogP contribution in [0.4, 0.5) is 0 Å². The molecule has 120 valence electrons. The summed E-state index contributed by atoms with van der Waals surface area (Å²) in [4.78, 5) is 15.3. The van der Waals surface area contributed by atoms with E-state index in [1.807, 2.05) is 79.4 Å². The first-order valence-corrected chi connectivity index (χ1v) is 8.15. The van der Waals surface area contributed by atoms with E-state index in [0.717, 1.165) is 11.1 Å². The number of likely N-dealkylation sites (tertiary alicyclic amines) is 1. The predicted molar refractivity (Wildman–Crippen MR) is 91.1 cm³/mol. The molecule has 0 aliphatic carbocycles. The molecule has 0 unspecified atom stereocenters. The van der Waals surface area contributed by atoms with Crippen LogP contribution in [0.25, 0.3) is 0 Å². The van der Waals surface area contributed by atoms with Gasteiger partial charge in [0, 0.05) is 25.1 Å². The lowest BCUT2D eigenvalue weighted by molar-refractivity contribution is -0.133. The molecule has 2 aromatic carbocycles. The average molecular weight is 309 g/mol. The molecule has 2 aromatic rings. The molecule has 1 aliphatic rings. The molecule has 1 saturated heterocycles. The van der Waals surface area contributed by atoms with Crippen LogP contribution in [0.3, 0.4) is 0 Å². The molecule has 0 bridgehead atoms. The van der Waals surface area contributed by atoms with E-state index in [2.05, 4.69) is 0 Å². The van der Waals surface area contributed by atoms with Crippen molar-refractivity contribution < 1.29 is 9.90 Å². The summed E-state index contributed by atoms with van der Waals surface area (Å²) in [5, 5.41) is 10.1. The first-order chi connectivity index (χ1) is 11.1. The topological polar surface area (TPSA) is 40.5 Å². The number of carbonyl (C=O) groups is 1. The van der Waals surface area contributed by atoms with Crippen molar-refractivity contribution in [2.45, 2.75) is 25.3 Å². The molecule has 0 spiro atoms. The molecule has 3 heteroatoms. The molecule has 3 rings (SSSR count). The minimum Gasteiger partial charge on any atom is -0.396 e. The molecule has 1 amide bonds. The Hall–Kier alpha value is -2.13. The molecule has 0 aromatic heterocycles. The second-order valence-corrected chi connectivity index (χ2v) is 6.47. The van der Waals surface area contributed by atoms with Gasteiger partial charge in [-0.15, -0.1) is 0 Å². The van der Waals surface area contributed by atoms with Crippen LogP contribution in [0.5, 0.6) is 0 Å². The summed E-state index contributed by atoms with van der Waals surface area (Å²) in [6.45, 7) is 4.62. The van der Waals surface area contributed by atoms with Crippen LogP contribution in [0.1, 0.15) is 25.0 Å². The Bertz CT molecular complexity index is 627. The highest BCUT2D eigenvalue weighted by atomic mass is 16.3. The summed E-state index contributed by atoms with van der Waals surface area (Å²) >= 11 is 0. The van der Waals surface area contributed by atoms with Gasteiger partial charge >= 0.3 is 0 Å². The van der Waals surface area contributed by atoms with Gasteiger partial charge in [0.05, 0.1) is 0 Å². The van der Waals surface area contributed by atoms with Gasteiger partial charge in [-0.1, -0.05) is 60.7 Å². The maximum absolute atomic E-state index is 13.5. The van der Waals surface area contributed by atoms with E-state index in [1.54, 1.807) is 0 Å². The van der Waals surface area contributed by atoms with Gasteiger partial charge in [0.25, 0.3) is 0 Å². The Labute approximate surface area is 137 Å². The molecule has 0 radical (unpaired) electrons. The van der Waals surface area contributed by atoms with E-state index in [0.29, 0.717) is 6.54 Å². The Morgan fingerprint density at radius 2 is 1.52 bits per heavy atom. The highest BCUT2D eigenvalue weighted by Gasteiger charge is 2.56. The van der Waals surface area contributed by atoms with Gasteiger partial charge in [-0.05, 0) is 25.0 Å². The van der Waals surface area contributed by atoms with Crippen LogP contribution in [0.15, 0.2) is 60.7 Å². The maximum Gasteiger partial charge on any atom is 0.238 e. The van der Waals surface area contributed by atoms with Crippen LogP contribution >= 0.6 is 0 Å². The molecule has 1 N–H and O–H groups in total. The van der Waals surface area contributed by atoms with Gasteiger partial charge < -0.3 is 10.0 Å². The normalized spacial score (nSPS) is 20.3. The van der Waals surface area contributed by atoms with Gasteiger partial charge in [0.2, 0.25) is 5.91 Å². The van der Waals surface area contributed by atoms with Crippen LogP contribution in [0.2, 0.25) is 0 Å². The molecule has 3 nitrogen and oxygen atoms in total. The number of hydrogen-bond acceptors (Lipinski definition) is 2. The lowest BCUT2D eigenvalue weighted by Gasteiger charge is -2.33.